The van der Waals surface area contributed by atoms with Gasteiger partial charge in [0.05, 0.1) is 11.1 Å². The van der Waals surface area contributed by atoms with Gasteiger partial charge in [-0.15, -0.1) is 0 Å². The Morgan fingerprint density at radius 2 is 1.69 bits per heavy atom. The number of aryl methyl sites for hydroxylation is 1. The molecule has 0 atom stereocenters. The van der Waals surface area contributed by atoms with Crippen LogP contribution in [0.1, 0.15) is 32.1 Å². The van der Waals surface area contributed by atoms with Gasteiger partial charge >= 0.3 is 5.97 Å². The second-order valence-electron chi connectivity index (χ2n) is 5.72. The summed E-state index contributed by atoms with van der Waals surface area (Å²) in [4.78, 5) is 32.6. The summed E-state index contributed by atoms with van der Waals surface area (Å²) in [6.45, 7) is 1.99. The molecule has 0 spiro atoms. The van der Waals surface area contributed by atoms with Gasteiger partial charge in [-0.1, -0.05) is 42.5 Å². The van der Waals surface area contributed by atoms with Crippen molar-refractivity contribution in [2.45, 2.75) is 13.5 Å². The molecule has 6 nitrogen and oxygen atoms in total. The number of aromatic nitrogens is 2. The van der Waals surface area contributed by atoms with E-state index in [1.165, 1.54) is 6.07 Å². The van der Waals surface area contributed by atoms with Crippen LogP contribution in [-0.4, -0.2) is 27.0 Å². The predicted molar refractivity (Wildman–Crippen MR) is 96.8 cm³/mol. The van der Waals surface area contributed by atoms with Crippen molar-refractivity contribution in [3.05, 3.63) is 83.4 Å². The van der Waals surface area contributed by atoms with E-state index in [0.29, 0.717) is 11.4 Å². The fourth-order valence-electron chi connectivity index (χ4n) is 2.61. The van der Waals surface area contributed by atoms with E-state index in [1.54, 1.807) is 31.5 Å². The number of hydrogen-bond acceptors (Lipinski definition) is 4. The zero-order valence-electron chi connectivity index (χ0n) is 14.1. The molecule has 0 fully saturated rings. The zero-order chi connectivity index (χ0) is 18.5. The minimum absolute atomic E-state index is 0.0380. The molecule has 0 saturated heterocycles. The second-order valence-corrected chi connectivity index (χ2v) is 5.72. The van der Waals surface area contributed by atoms with Crippen LogP contribution < -0.4 is 5.32 Å². The number of rotatable bonds is 5. The van der Waals surface area contributed by atoms with E-state index in [2.05, 4.69) is 15.3 Å². The third-order valence-electron chi connectivity index (χ3n) is 3.89. The van der Waals surface area contributed by atoms with Crippen molar-refractivity contribution < 1.29 is 14.7 Å². The van der Waals surface area contributed by atoms with Crippen molar-refractivity contribution in [2.24, 2.45) is 0 Å². The van der Waals surface area contributed by atoms with Gasteiger partial charge in [-0.05, 0) is 24.1 Å². The number of nitrogens with one attached hydrogen (secondary N) is 1. The largest absolute Gasteiger partial charge is 0.478 e. The van der Waals surface area contributed by atoms with Gasteiger partial charge in [-0.3, -0.25) is 4.79 Å². The molecule has 0 aliphatic heterocycles. The molecule has 0 aliphatic carbocycles. The van der Waals surface area contributed by atoms with Gasteiger partial charge in [0.2, 0.25) is 0 Å². The summed E-state index contributed by atoms with van der Waals surface area (Å²) >= 11 is 0. The molecule has 2 N–H and O–H groups in total. The highest BCUT2D eigenvalue weighted by Crippen LogP contribution is 2.26. The van der Waals surface area contributed by atoms with Crippen molar-refractivity contribution in [2.75, 3.05) is 0 Å². The number of hydrogen-bond donors (Lipinski definition) is 2. The molecule has 1 heterocycles. The van der Waals surface area contributed by atoms with E-state index in [4.69, 9.17) is 0 Å². The van der Waals surface area contributed by atoms with Crippen LogP contribution >= 0.6 is 0 Å². The monoisotopic (exact) mass is 347 g/mol. The molecule has 3 aromatic rings. The minimum Gasteiger partial charge on any atom is -0.478 e. The molecule has 130 valence electrons. The second kappa shape index (κ2) is 7.57. The molecule has 1 aromatic heterocycles. The predicted octanol–water partition coefficient (Wildman–Crippen LogP) is 3.08. The molecule has 26 heavy (non-hydrogen) atoms. The molecular weight excluding hydrogens is 330 g/mol. The molecule has 3 rings (SSSR count). The average Bonchev–Trinajstić information content (AvgIpc) is 2.67. The maximum atomic E-state index is 12.8. The number of carbonyl (C=O) groups is 2. The number of carboxylic acids is 1. The highest BCUT2D eigenvalue weighted by atomic mass is 16.4. The summed E-state index contributed by atoms with van der Waals surface area (Å²) in [5, 5.41) is 12.3. The highest BCUT2D eigenvalue weighted by Gasteiger charge is 2.21. The molecule has 0 radical (unpaired) electrons. The number of carbonyl (C=O) groups excluding carboxylic acids is 1. The lowest BCUT2D eigenvalue weighted by molar-refractivity contribution is 0.0691. The number of carboxylic acid groups (broad SMARTS) is 1. The smallest absolute Gasteiger partial charge is 0.336 e. The molecule has 6 heteroatoms. The van der Waals surface area contributed by atoms with E-state index >= 15 is 0 Å². The van der Waals surface area contributed by atoms with Crippen LogP contribution in [0.3, 0.4) is 0 Å². The number of aromatic carboxylic acids is 1. The molecule has 0 bridgehead atoms. The third kappa shape index (κ3) is 3.75. The van der Waals surface area contributed by atoms with Crippen molar-refractivity contribution in [3.8, 4) is 11.1 Å². The molecule has 1 amide bonds. The zero-order valence-corrected chi connectivity index (χ0v) is 14.1. The van der Waals surface area contributed by atoms with Crippen molar-refractivity contribution >= 4 is 11.9 Å². The first-order chi connectivity index (χ1) is 12.6. The Morgan fingerprint density at radius 3 is 2.35 bits per heavy atom. The molecule has 2 aromatic carbocycles. The number of benzene rings is 2. The minimum atomic E-state index is -1.15. The Kier molecular flexibility index (Phi) is 5.03. The molecule has 0 saturated carbocycles. The SMILES string of the molecule is Cc1ncc(CNC(=O)c2c(C(=O)O)cccc2-c2ccccc2)cn1. The van der Waals surface area contributed by atoms with Crippen molar-refractivity contribution in [1.82, 2.24) is 15.3 Å². The van der Waals surface area contributed by atoms with Crippen molar-refractivity contribution in [3.63, 3.8) is 0 Å². The fraction of sp³-hybridized carbons (Fsp3) is 0.100. The summed E-state index contributed by atoms with van der Waals surface area (Å²) in [7, 11) is 0. The third-order valence-corrected chi connectivity index (χ3v) is 3.89. The fourth-order valence-corrected chi connectivity index (χ4v) is 2.61. The summed E-state index contributed by atoms with van der Waals surface area (Å²) in [5.41, 5.74) is 2.18. The van der Waals surface area contributed by atoms with E-state index in [9.17, 15) is 14.7 Å². The Labute approximate surface area is 150 Å². The highest BCUT2D eigenvalue weighted by molar-refractivity contribution is 6.09. The van der Waals surface area contributed by atoms with E-state index in [1.807, 2.05) is 30.3 Å². The van der Waals surface area contributed by atoms with Crippen LogP contribution in [0.4, 0.5) is 0 Å². The standard InChI is InChI=1S/C20H17N3O3/c1-13-21-10-14(11-22-13)12-23-19(24)18-16(15-6-3-2-4-7-15)8-5-9-17(18)20(25)26/h2-11H,12H2,1H3,(H,23,24)(H,25,26). The van der Waals surface area contributed by atoms with Gasteiger partial charge in [0.15, 0.2) is 0 Å². The average molecular weight is 347 g/mol. The molecule has 0 unspecified atom stereocenters. The van der Waals surface area contributed by atoms with Crippen LogP contribution in [0.5, 0.6) is 0 Å². The van der Waals surface area contributed by atoms with Crippen LogP contribution in [0, 0.1) is 6.92 Å². The topological polar surface area (TPSA) is 92.2 Å². The summed E-state index contributed by atoms with van der Waals surface area (Å²) in [5.74, 6) is -0.961. The van der Waals surface area contributed by atoms with Gasteiger partial charge in [0.1, 0.15) is 5.82 Å². The van der Waals surface area contributed by atoms with Gasteiger partial charge in [-0.2, -0.15) is 0 Å². The Bertz CT molecular complexity index is 938. The van der Waals surface area contributed by atoms with Crippen LogP contribution in [0.25, 0.3) is 11.1 Å². The summed E-state index contributed by atoms with van der Waals surface area (Å²) in [6, 6.07) is 14.0. The summed E-state index contributed by atoms with van der Waals surface area (Å²) in [6.07, 6.45) is 3.26. The van der Waals surface area contributed by atoms with Crippen LogP contribution in [0.15, 0.2) is 60.9 Å². The van der Waals surface area contributed by atoms with Crippen LogP contribution in [-0.2, 0) is 6.54 Å². The van der Waals surface area contributed by atoms with Gasteiger partial charge < -0.3 is 10.4 Å². The van der Waals surface area contributed by atoms with E-state index in [-0.39, 0.29) is 17.7 Å². The quantitative estimate of drug-likeness (QED) is 0.740. The normalized spacial score (nSPS) is 10.3. The Morgan fingerprint density at radius 1 is 1.00 bits per heavy atom. The molecule has 0 aliphatic rings. The van der Waals surface area contributed by atoms with Gasteiger partial charge in [-0.25, -0.2) is 14.8 Å². The van der Waals surface area contributed by atoms with Crippen molar-refractivity contribution in [1.29, 1.82) is 0 Å². The Balaban J connectivity index is 1.95. The van der Waals surface area contributed by atoms with Gasteiger partial charge in [0.25, 0.3) is 5.91 Å². The maximum Gasteiger partial charge on any atom is 0.336 e. The first-order valence-electron chi connectivity index (χ1n) is 8.03. The number of nitrogens with zero attached hydrogens (tertiary/aromatic N) is 2. The maximum absolute atomic E-state index is 12.8. The van der Waals surface area contributed by atoms with Crippen LogP contribution in [0.2, 0.25) is 0 Å². The summed E-state index contributed by atoms with van der Waals surface area (Å²) < 4.78 is 0. The first kappa shape index (κ1) is 17.3. The lowest BCUT2D eigenvalue weighted by Gasteiger charge is -2.13. The first-order valence-corrected chi connectivity index (χ1v) is 8.03. The van der Waals surface area contributed by atoms with E-state index in [0.717, 1.165) is 11.1 Å². The van der Waals surface area contributed by atoms with Gasteiger partial charge in [0, 0.05) is 24.5 Å². The molecular formula is C20H17N3O3. The lowest BCUT2D eigenvalue weighted by atomic mass is 9.94. The van der Waals surface area contributed by atoms with E-state index < -0.39 is 11.9 Å². The Hall–Kier alpha value is -3.54. The number of amides is 1. The lowest BCUT2D eigenvalue weighted by Crippen LogP contribution is -2.26.